The van der Waals surface area contributed by atoms with Gasteiger partial charge in [0.15, 0.2) is 0 Å². The van der Waals surface area contributed by atoms with Crippen molar-refractivity contribution in [3.05, 3.63) is 5.82 Å². The molecular weight excluding hydrogens is 230 g/mol. The Morgan fingerprint density at radius 1 is 1.44 bits per heavy atom. The van der Waals surface area contributed by atoms with Gasteiger partial charge in [-0.25, -0.2) is 4.98 Å². The summed E-state index contributed by atoms with van der Waals surface area (Å²) in [4.78, 5) is 4.22. The minimum absolute atomic E-state index is 0.170. The summed E-state index contributed by atoms with van der Waals surface area (Å²) in [6.45, 7) is 1.95. The molecule has 0 aliphatic carbocycles. The molecule has 0 saturated heterocycles. The van der Waals surface area contributed by atoms with E-state index in [1.807, 2.05) is 0 Å². The Balaban J connectivity index is 2.57. The molecule has 0 bridgehead atoms. The van der Waals surface area contributed by atoms with Crippen LogP contribution in [0.5, 0.6) is 0 Å². The van der Waals surface area contributed by atoms with E-state index in [0.717, 1.165) is 0 Å². The van der Waals surface area contributed by atoms with Gasteiger partial charge in [-0.3, -0.25) is 0 Å². The average molecular weight is 247 g/mol. The molecule has 0 fully saturated rings. The van der Waals surface area contributed by atoms with E-state index in [-0.39, 0.29) is 13.2 Å². The maximum absolute atomic E-state index is 9.11. The van der Waals surface area contributed by atoms with E-state index < -0.39 is 5.54 Å². The molecule has 1 aromatic heterocycles. The lowest BCUT2D eigenvalue weighted by Crippen LogP contribution is -2.42. The Bertz CT molecular complexity index is 315. The van der Waals surface area contributed by atoms with Crippen molar-refractivity contribution in [2.75, 3.05) is 32.2 Å². The second kappa shape index (κ2) is 6.09. The largest absolute Gasteiger partial charge is 0.394 e. The van der Waals surface area contributed by atoms with E-state index in [2.05, 4.69) is 14.7 Å². The first-order valence-electron chi connectivity index (χ1n) is 4.95. The fourth-order valence-corrected chi connectivity index (χ4v) is 1.75. The number of anilines is 1. The van der Waals surface area contributed by atoms with Gasteiger partial charge in [0.1, 0.15) is 5.82 Å². The molecule has 0 unspecified atom stereocenters. The van der Waals surface area contributed by atoms with Crippen molar-refractivity contribution in [3.63, 3.8) is 0 Å². The third-order valence-corrected chi connectivity index (χ3v) is 2.77. The maximum atomic E-state index is 9.11. The Labute approximate surface area is 98.5 Å². The van der Waals surface area contributed by atoms with Gasteiger partial charge in [0.05, 0.1) is 25.4 Å². The predicted octanol–water partition coefficient (Wildman–Crippen LogP) is -0.118. The highest BCUT2D eigenvalue weighted by molar-refractivity contribution is 7.09. The highest BCUT2D eigenvalue weighted by Gasteiger charge is 2.23. The van der Waals surface area contributed by atoms with E-state index in [4.69, 9.17) is 14.9 Å². The highest BCUT2D eigenvalue weighted by Crippen LogP contribution is 2.17. The molecule has 0 aromatic carbocycles. The minimum Gasteiger partial charge on any atom is -0.394 e. The molecule has 92 valence electrons. The Hall–Kier alpha value is -0.760. The van der Waals surface area contributed by atoms with Crippen molar-refractivity contribution in [2.24, 2.45) is 0 Å². The first kappa shape index (κ1) is 13.3. The summed E-state index contributed by atoms with van der Waals surface area (Å²) in [6, 6.07) is 0. The van der Waals surface area contributed by atoms with Gasteiger partial charge in [0.2, 0.25) is 5.13 Å². The topological polar surface area (TPSA) is 87.5 Å². The number of methoxy groups -OCH3 is 1. The highest BCUT2D eigenvalue weighted by atomic mass is 32.1. The van der Waals surface area contributed by atoms with Crippen LogP contribution >= 0.6 is 11.5 Å². The van der Waals surface area contributed by atoms with E-state index >= 15 is 0 Å². The second-order valence-corrected chi connectivity index (χ2v) is 4.51. The molecule has 1 rings (SSSR count). The van der Waals surface area contributed by atoms with Gasteiger partial charge in [-0.1, -0.05) is 0 Å². The first-order chi connectivity index (χ1) is 7.63. The summed E-state index contributed by atoms with van der Waals surface area (Å²) in [7, 11) is 1.63. The summed E-state index contributed by atoms with van der Waals surface area (Å²) in [5.74, 6) is 0.701. The Morgan fingerprint density at radius 3 is 2.69 bits per heavy atom. The molecule has 16 heavy (non-hydrogen) atoms. The maximum Gasteiger partial charge on any atom is 0.203 e. The van der Waals surface area contributed by atoms with Crippen LogP contribution in [0.1, 0.15) is 12.7 Å². The zero-order valence-corrected chi connectivity index (χ0v) is 10.3. The lowest BCUT2D eigenvalue weighted by Gasteiger charge is -2.25. The fraction of sp³-hybridized carbons (Fsp3) is 0.778. The molecule has 6 nitrogen and oxygen atoms in total. The quantitative estimate of drug-likeness (QED) is 0.623. The van der Waals surface area contributed by atoms with E-state index in [1.54, 1.807) is 14.0 Å². The van der Waals surface area contributed by atoms with E-state index in [0.29, 0.717) is 24.0 Å². The van der Waals surface area contributed by atoms with Crippen molar-refractivity contribution in [3.8, 4) is 0 Å². The minimum atomic E-state index is -0.766. The standard InChI is InChI=1S/C9H17N3O3S/c1-9(5-13,6-14)11-8-10-7(12-16-8)3-4-15-2/h13-14H,3-6H2,1-2H3,(H,10,11,12). The van der Waals surface area contributed by atoms with Crippen molar-refractivity contribution >= 4 is 16.7 Å². The lowest BCUT2D eigenvalue weighted by molar-refractivity contribution is 0.147. The molecule has 0 aliphatic rings. The van der Waals surface area contributed by atoms with Gasteiger partial charge < -0.3 is 20.3 Å². The van der Waals surface area contributed by atoms with Crippen molar-refractivity contribution in [2.45, 2.75) is 18.9 Å². The molecule has 3 N–H and O–H groups in total. The van der Waals surface area contributed by atoms with Crippen LogP contribution in [0.25, 0.3) is 0 Å². The molecule has 7 heteroatoms. The SMILES string of the molecule is COCCc1nsc(NC(C)(CO)CO)n1. The number of aliphatic hydroxyl groups is 2. The van der Waals surface area contributed by atoms with Gasteiger partial charge in [-0.05, 0) is 6.92 Å². The van der Waals surface area contributed by atoms with Crippen molar-refractivity contribution in [1.82, 2.24) is 9.36 Å². The van der Waals surface area contributed by atoms with Crippen molar-refractivity contribution in [1.29, 1.82) is 0 Å². The zero-order chi connectivity index (χ0) is 12.0. The van der Waals surface area contributed by atoms with Crippen LogP contribution < -0.4 is 5.32 Å². The van der Waals surface area contributed by atoms with Gasteiger partial charge in [0, 0.05) is 25.1 Å². The third kappa shape index (κ3) is 3.67. The number of aromatic nitrogens is 2. The van der Waals surface area contributed by atoms with Gasteiger partial charge in [-0.2, -0.15) is 4.37 Å². The number of ether oxygens (including phenoxy) is 1. The number of hydrogen-bond acceptors (Lipinski definition) is 7. The molecule has 0 saturated carbocycles. The lowest BCUT2D eigenvalue weighted by atomic mass is 10.1. The van der Waals surface area contributed by atoms with Gasteiger partial charge in [0.25, 0.3) is 0 Å². The molecular formula is C9H17N3O3S. The van der Waals surface area contributed by atoms with Crippen LogP contribution in [0.3, 0.4) is 0 Å². The molecule has 1 heterocycles. The predicted molar refractivity (Wildman–Crippen MR) is 61.7 cm³/mol. The van der Waals surface area contributed by atoms with Crippen molar-refractivity contribution < 1.29 is 14.9 Å². The number of rotatable bonds is 7. The van der Waals surface area contributed by atoms with Crippen LogP contribution in [0, 0.1) is 0 Å². The van der Waals surface area contributed by atoms with Crippen LogP contribution in [-0.2, 0) is 11.2 Å². The molecule has 0 amide bonds. The van der Waals surface area contributed by atoms with Gasteiger partial charge in [-0.15, -0.1) is 0 Å². The van der Waals surface area contributed by atoms with Crippen LogP contribution in [0.4, 0.5) is 5.13 Å². The normalized spacial score (nSPS) is 11.8. The summed E-state index contributed by atoms with van der Waals surface area (Å²) in [6.07, 6.45) is 0.656. The summed E-state index contributed by atoms with van der Waals surface area (Å²) >= 11 is 1.21. The average Bonchev–Trinajstić information content (AvgIpc) is 2.73. The number of nitrogens with zero attached hydrogens (tertiary/aromatic N) is 2. The number of aliphatic hydroxyl groups excluding tert-OH is 2. The Kier molecular flexibility index (Phi) is 5.07. The number of nitrogens with one attached hydrogen (secondary N) is 1. The first-order valence-corrected chi connectivity index (χ1v) is 5.72. The third-order valence-electron chi connectivity index (χ3n) is 2.10. The summed E-state index contributed by atoms with van der Waals surface area (Å²) < 4.78 is 9.05. The summed E-state index contributed by atoms with van der Waals surface area (Å²) in [5.41, 5.74) is -0.766. The fourth-order valence-electron chi connectivity index (χ4n) is 0.987. The number of hydrogen-bond donors (Lipinski definition) is 3. The van der Waals surface area contributed by atoms with Crippen LogP contribution in [0.15, 0.2) is 0 Å². The molecule has 1 aromatic rings. The molecule has 0 radical (unpaired) electrons. The molecule has 0 spiro atoms. The monoisotopic (exact) mass is 247 g/mol. The van der Waals surface area contributed by atoms with Gasteiger partial charge >= 0.3 is 0 Å². The van der Waals surface area contributed by atoms with E-state index in [1.165, 1.54) is 11.5 Å². The summed E-state index contributed by atoms with van der Waals surface area (Å²) in [5, 5.41) is 21.8. The van der Waals surface area contributed by atoms with E-state index in [9.17, 15) is 0 Å². The second-order valence-electron chi connectivity index (χ2n) is 3.76. The Morgan fingerprint density at radius 2 is 2.12 bits per heavy atom. The smallest absolute Gasteiger partial charge is 0.203 e. The van der Waals surface area contributed by atoms with Crippen LogP contribution in [0.2, 0.25) is 0 Å². The molecule has 0 atom stereocenters. The molecule has 0 aliphatic heterocycles. The van der Waals surface area contributed by atoms with Crippen LogP contribution in [-0.4, -0.2) is 52.0 Å². The zero-order valence-electron chi connectivity index (χ0n) is 9.43.